The van der Waals surface area contributed by atoms with Crippen LogP contribution in [0.3, 0.4) is 0 Å². The molecule has 6 nitrogen and oxygen atoms in total. The van der Waals surface area contributed by atoms with Crippen molar-refractivity contribution in [3.63, 3.8) is 0 Å². The monoisotopic (exact) mass is 435 g/mol. The van der Waals surface area contributed by atoms with Crippen LogP contribution >= 0.6 is 11.3 Å². The van der Waals surface area contributed by atoms with E-state index in [-0.39, 0.29) is 16.3 Å². The van der Waals surface area contributed by atoms with E-state index >= 15 is 0 Å². The Kier molecular flexibility index (Phi) is 6.30. The molecule has 0 fully saturated rings. The molecule has 0 aliphatic rings. The van der Waals surface area contributed by atoms with Gasteiger partial charge in [0.2, 0.25) is 10.0 Å². The first-order valence-corrected chi connectivity index (χ1v) is 11.4. The van der Waals surface area contributed by atoms with E-state index in [2.05, 4.69) is 4.99 Å². The third kappa shape index (κ3) is 4.47. The fraction of sp³-hybridized carbons (Fsp3) is 0.300. The van der Waals surface area contributed by atoms with Crippen molar-refractivity contribution in [2.45, 2.75) is 24.7 Å². The number of thiazole rings is 1. The predicted octanol–water partition coefficient (Wildman–Crippen LogP) is 3.54. The average molecular weight is 436 g/mol. The van der Waals surface area contributed by atoms with Gasteiger partial charge in [-0.25, -0.2) is 17.1 Å². The molecular formula is C20H22FN3O3S2. The predicted molar refractivity (Wildman–Crippen MR) is 112 cm³/mol. The van der Waals surface area contributed by atoms with Crippen LogP contribution in [0.2, 0.25) is 0 Å². The van der Waals surface area contributed by atoms with Gasteiger partial charge in [0.1, 0.15) is 5.82 Å². The van der Waals surface area contributed by atoms with E-state index in [9.17, 15) is 17.6 Å². The Morgan fingerprint density at radius 1 is 1.21 bits per heavy atom. The third-order valence-corrected chi connectivity index (χ3v) is 7.57. The molecule has 9 heteroatoms. The summed E-state index contributed by atoms with van der Waals surface area (Å²) in [6.07, 6.45) is 1.68. The van der Waals surface area contributed by atoms with Crippen LogP contribution in [-0.4, -0.2) is 36.8 Å². The summed E-state index contributed by atoms with van der Waals surface area (Å²) in [5.74, 6) is -0.839. The summed E-state index contributed by atoms with van der Waals surface area (Å²) in [5.41, 5.74) is 1.06. The number of fused-ring (bicyclic) bond motifs is 1. The molecule has 3 rings (SSSR count). The Hall–Kier alpha value is -2.36. The van der Waals surface area contributed by atoms with Crippen LogP contribution in [0.15, 0.2) is 52.4 Å². The smallest absolute Gasteiger partial charge is 0.279 e. The Morgan fingerprint density at radius 3 is 2.55 bits per heavy atom. The number of sulfonamides is 1. The van der Waals surface area contributed by atoms with E-state index in [0.717, 1.165) is 18.4 Å². The number of amides is 1. The van der Waals surface area contributed by atoms with Crippen molar-refractivity contribution in [2.75, 3.05) is 13.6 Å². The van der Waals surface area contributed by atoms with Gasteiger partial charge in [-0.15, -0.1) is 0 Å². The number of rotatable bonds is 6. The summed E-state index contributed by atoms with van der Waals surface area (Å²) in [6.45, 7) is 2.44. The first kappa shape index (κ1) is 21.4. The summed E-state index contributed by atoms with van der Waals surface area (Å²) < 4.78 is 42.3. The lowest BCUT2D eigenvalue weighted by Crippen LogP contribution is -2.27. The number of nitrogens with zero attached hydrogens (tertiary/aromatic N) is 3. The number of carbonyl (C=O) groups is 1. The van der Waals surface area contributed by atoms with Crippen LogP contribution in [0.25, 0.3) is 10.2 Å². The second-order valence-electron chi connectivity index (χ2n) is 6.68. The van der Waals surface area contributed by atoms with Gasteiger partial charge in [0.05, 0.1) is 15.1 Å². The van der Waals surface area contributed by atoms with Crippen LogP contribution in [0, 0.1) is 5.82 Å². The van der Waals surface area contributed by atoms with E-state index in [0.29, 0.717) is 16.0 Å². The van der Waals surface area contributed by atoms with Gasteiger partial charge in [-0.3, -0.25) is 4.79 Å². The topological polar surface area (TPSA) is 71.7 Å². The summed E-state index contributed by atoms with van der Waals surface area (Å²) in [4.78, 5) is 17.2. The van der Waals surface area contributed by atoms with Gasteiger partial charge in [-0.1, -0.05) is 24.7 Å². The zero-order valence-corrected chi connectivity index (χ0v) is 18.1. The molecule has 1 aromatic heterocycles. The number of benzene rings is 2. The minimum Gasteiger partial charge on any atom is -0.319 e. The fourth-order valence-electron chi connectivity index (χ4n) is 2.82. The molecule has 1 amide bonds. The molecule has 29 heavy (non-hydrogen) atoms. The minimum absolute atomic E-state index is 0.135. The lowest BCUT2D eigenvalue weighted by atomic mass is 10.2. The van der Waals surface area contributed by atoms with Crippen LogP contribution in [0.4, 0.5) is 4.39 Å². The van der Waals surface area contributed by atoms with Crippen molar-refractivity contribution in [1.29, 1.82) is 0 Å². The quantitative estimate of drug-likeness (QED) is 0.595. The molecule has 0 N–H and O–H groups in total. The van der Waals surface area contributed by atoms with E-state index in [1.165, 1.54) is 52.0 Å². The molecule has 0 atom stereocenters. The van der Waals surface area contributed by atoms with Gasteiger partial charge in [0, 0.05) is 26.2 Å². The molecule has 2 aromatic carbocycles. The summed E-state index contributed by atoms with van der Waals surface area (Å²) in [5, 5.41) is 0. The van der Waals surface area contributed by atoms with Crippen molar-refractivity contribution in [3.05, 3.63) is 58.6 Å². The van der Waals surface area contributed by atoms with Crippen molar-refractivity contribution in [3.8, 4) is 0 Å². The first-order valence-electron chi connectivity index (χ1n) is 9.14. The van der Waals surface area contributed by atoms with Crippen LogP contribution in [0.5, 0.6) is 0 Å². The van der Waals surface area contributed by atoms with Crippen molar-refractivity contribution < 1.29 is 17.6 Å². The van der Waals surface area contributed by atoms with Crippen LogP contribution < -0.4 is 4.80 Å². The highest BCUT2D eigenvalue weighted by molar-refractivity contribution is 7.89. The van der Waals surface area contributed by atoms with E-state index < -0.39 is 15.9 Å². The van der Waals surface area contributed by atoms with Gasteiger partial charge < -0.3 is 4.57 Å². The summed E-state index contributed by atoms with van der Waals surface area (Å²) >= 11 is 1.21. The molecule has 0 saturated carbocycles. The summed E-state index contributed by atoms with van der Waals surface area (Å²) in [6, 6.07) is 10.1. The van der Waals surface area contributed by atoms with Gasteiger partial charge in [-0.05, 0) is 48.9 Å². The number of halogens is 1. The van der Waals surface area contributed by atoms with Crippen LogP contribution in [0.1, 0.15) is 30.1 Å². The van der Waals surface area contributed by atoms with E-state index in [4.69, 9.17) is 0 Å². The molecule has 0 radical (unpaired) electrons. The number of aryl methyl sites for hydroxylation is 1. The molecule has 0 aliphatic carbocycles. The summed E-state index contributed by atoms with van der Waals surface area (Å²) in [7, 11) is -0.287. The van der Waals surface area contributed by atoms with E-state index in [1.807, 2.05) is 6.92 Å². The highest BCUT2D eigenvalue weighted by Crippen LogP contribution is 2.19. The normalized spacial score (nSPS) is 12.8. The largest absolute Gasteiger partial charge is 0.319 e. The number of unbranched alkanes of at least 4 members (excludes halogenated alkanes) is 1. The van der Waals surface area contributed by atoms with Crippen molar-refractivity contribution in [1.82, 2.24) is 8.87 Å². The number of aromatic nitrogens is 1. The highest BCUT2D eigenvalue weighted by atomic mass is 32.2. The van der Waals surface area contributed by atoms with Gasteiger partial charge >= 0.3 is 0 Å². The van der Waals surface area contributed by atoms with Crippen molar-refractivity contribution in [2.24, 2.45) is 12.0 Å². The lowest BCUT2D eigenvalue weighted by Gasteiger charge is -2.16. The number of hydrogen-bond donors (Lipinski definition) is 0. The van der Waals surface area contributed by atoms with Crippen molar-refractivity contribution >= 4 is 37.5 Å². The third-order valence-electron chi connectivity index (χ3n) is 4.60. The highest BCUT2D eigenvalue weighted by Gasteiger charge is 2.20. The minimum atomic E-state index is -3.59. The zero-order chi connectivity index (χ0) is 21.2. The Balaban J connectivity index is 1.88. The molecule has 0 spiro atoms. The number of carbonyl (C=O) groups excluding carboxylic acids is 1. The maximum Gasteiger partial charge on any atom is 0.279 e. The SMILES string of the molecule is CCCCN(C)S(=O)(=O)c1ccc(C(=O)N=c2sc3cc(F)ccc3n2C)cc1. The van der Waals surface area contributed by atoms with Crippen LogP contribution in [-0.2, 0) is 17.1 Å². The Morgan fingerprint density at radius 2 is 1.90 bits per heavy atom. The molecule has 0 unspecified atom stereocenters. The molecular weight excluding hydrogens is 413 g/mol. The van der Waals surface area contributed by atoms with Gasteiger partial charge in [0.25, 0.3) is 5.91 Å². The zero-order valence-electron chi connectivity index (χ0n) is 16.4. The Labute approximate surface area is 173 Å². The maximum atomic E-state index is 13.4. The molecule has 0 aliphatic heterocycles. The molecule has 3 aromatic rings. The maximum absolute atomic E-state index is 13.4. The second-order valence-corrected chi connectivity index (χ2v) is 9.73. The molecule has 0 bridgehead atoms. The standard InChI is InChI=1S/C20H22FN3O3S2/c1-4-5-12-23(2)29(26,27)16-9-6-14(7-10-16)19(25)22-20-24(3)17-11-8-15(21)13-18(17)28-20/h6-11,13H,4-5,12H2,1-3H3. The number of hydrogen-bond acceptors (Lipinski definition) is 4. The molecule has 0 saturated heterocycles. The lowest BCUT2D eigenvalue weighted by molar-refractivity contribution is 0.0998. The second kappa shape index (κ2) is 8.56. The van der Waals surface area contributed by atoms with Gasteiger partial charge in [0.15, 0.2) is 4.80 Å². The Bertz CT molecular complexity index is 1210. The fourth-order valence-corrected chi connectivity index (χ4v) is 5.07. The average Bonchev–Trinajstić information content (AvgIpc) is 3.00. The molecule has 1 heterocycles. The first-order chi connectivity index (χ1) is 13.7. The van der Waals surface area contributed by atoms with E-state index in [1.54, 1.807) is 24.7 Å². The van der Waals surface area contributed by atoms with Gasteiger partial charge in [-0.2, -0.15) is 4.99 Å². The molecule has 154 valence electrons.